The van der Waals surface area contributed by atoms with E-state index in [2.05, 4.69) is 6.58 Å². The molecule has 0 fully saturated rings. The van der Waals surface area contributed by atoms with Crippen molar-refractivity contribution in [1.82, 2.24) is 0 Å². The van der Waals surface area contributed by atoms with Crippen LogP contribution in [-0.2, 0) is 9.53 Å². The highest BCUT2D eigenvalue weighted by Crippen LogP contribution is 2.29. The van der Waals surface area contributed by atoms with Gasteiger partial charge in [-0.15, -0.1) is 6.58 Å². The monoisotopic (exact) mass is 246 g/mol. The number of benzene rings is 1. The molecule has 0 aliphatic carbocycles. The largest absolute Gasteiger partial charge is 0.465 e. The number of esters is 1. The van der Waals surface area contributed by atoms with Crippen molar-refractivity contribution in [3.8, 4) is 0 Å². The molecule has 1 atom stereocenters. The highest BCUT2D eigenvalue weighted by atomic mass is 16.5. The molecule has 0 saturated heterocycles. The summed E-state index contributed by atoms with van der Waals surface area (Å²) in [5, 5.41) is 0. The SMILES string of the molecule is C=CCC(C)(C(=O)OCC)C(=O)c1ccccc1. The minimum atomic E-state index is -1.20. The molecule has 0 radical (unpaired) electrons. The molecule has 0 saturated carbocycles. The van der Waals surface area contributed by atoms with Crippen molar-refractivity contribution in [2.45, 2.75) is 20.3 Å². The van der Waals surface area contributed by atoms with E-state index >= 15 is 0 Å². The van der Waals surface area contributed by atoms with E-state index in [0.29, 0.717) is 5.56 Å². The Balaban J connectivity index is 3.08. The zero-order valence-corrected chi connectivity index (χ0v) is 10.8. The van der Waals surface area contributed by atoms with Crippen molar-refractivity contribution >= 4 is 11.8 Å². The molecular formula is C15H18O3. The zero-order chi connectivity index (χ0) is 13.6. The fourth-order valence-corrected chi connectivity index (χ4v) is 1.76. The van der Waals surface area contributed by atoms with Gasteiger partial charge in [0.15, 0.2) is 5.78 Å². The van der Waals surface area contributed by atoms with Crippen LogP contribution in [0.4, 0.5) is 0 Å². The van der Waals surface area contributed by atoms with Crippen LogP contribution in [0, 0.1) is 5.41 Å². The van der Waals surface area contributed by atoms with E-state index in [1.54, 1.807) is 44.2 Å². The number of hydrogen-bond donors (Lipinski definition) is 0. The zero-order valence-electron chi connectivity index (χ0n) is 10.8. The molecule has 0 spiro atoms. The number of allylic oxidation sites excluding steroid dienone is 1. The van der Waals surface area contributed by atoms with Crippen LogP contribution in [0.3, 0.4) is 0 Å². The summed E-state index contributed by atoms with van der Waals surface area (Å²) >= 11 is 0. The maximum Gasteiger partial charge on any atom is 0.320 e. The van der Waals surface area contributed by atoms with Crippen LogP contribution in [0.2, 0.25) is 0 Å². The van der Waals surface area contributed by atoms with Crippen molar-refractivity contribution in [3.63, 3.8) is 0 Å². The Morgan fingerprint density at radius 1 is 1.33 bits per heavy atom. The van der Waals surface area contributed by atoms with Gasteiger partial charge in [0.05, 0.1) is 6.61 Å². The van der Waals surface area contributed by atoms with Crippen molar-refractivity contribution in [3.05, 3.63) is 48.6 Å². The molecule has 1 aromatic rings. The Hall–Kier alpha value is -1.90. The van der Waals surface area contributed by atoms with Crippen LogP contribution < -0.4 is 0 Å². The van der Waals surface area contributed by atoms with Gasteiger partial charge in [-0.1, -0.05) is 36.4 Å². The third-order valence-corrected chi connectivity index (χ3v) is 2.82. The van der Waals surface area contributed by atoms with Gasteiger partial charge in [0.2, 0.25) is 0 Å². The Labute approximate surface area is 107 Å². The molecule has 1 rings (SSSR count). The number of ether oxygens (including phenoxy) is 1. The lowest BCUT2D eigenvalue weighted by Crippen LogP contribution is -2.37. The summed E-state index contributed by atoms with van der Waals surface area (Å²) in [4.78, 5) is 24.4. The lowest BCUT2D eigenvalue weighted by atomic mass is 9.79. The minimum absolute atomic E-state index is 0.235. The Kier molecular flexibility index (Phi) is 4.84. The molecule has 0 heterocycles. The number of Topliss-reactive ketones (excluding diaryl/α,β-unsaturated/α-hetero) is 1. The number of hydrogen-bond acceptors (Lipinski definition) is 3. The Bertz CT molecular complexity index is 436. The molecule has 1 unspecified atom stereocenters. The second kappa shape index (κ2) is 6.15. The maximum absolute atomic E-state index is 12.4. The molecule has 3 heteroatoms. The standard InChI is InChI=1S/C15H18O3/c1-4-11-15(3,14(17)18-5-2)13(16)12-9-7-6-8-10-12/h4,6-10H,1,5,11H2,2-3H3. The third kappa shape index (κ3) is 2.86. The average molecular weight is 246 g/mol. The van der Waals surface area contributed by atoms with E-state index in [1.807, 2.05) is 6.07 Å². The van der Waals surface area contributed by atoms with Crippen LogP contribution >= 0.6 is 0 Å². The van der Waals surface area contributed by atoms with Crippen LogP contribution in [0.5, 0.6) is 0 Å². The summed E-state index contributed by atoms with van der Waals surface area (Å²) in [6.07, 6.45) is 1.83. The van der Waals surface area contributed by atoms with Gasteiger partial charge in [0.25, 0.3) is 0 Å². The summed E-state index contributed by atoms with van der Waals surface area (Å²) in [6.45, 7) is 7.18. The molecule has 1 aromatic carbocycles. The second-order valence-electron chi connectivity index (χ2n) is 4.24. The van der Waals surface area contributed by atoms with Gasteiger partial charge in [-0.25, -0.2) is 0 Å². The summed E-state index contributed by atoms with van der Waals surface area (Å²) in [7, 11) is 0. The molecule has 18 heavy (non-hydrogen) atoms. The lowest BCUT2D eigenvalue weighted by Gasteiger charge is -2.24. The molecule has 0 bridgehead atoms. The quantitative estimate of drug-likeness (QED) is 0.335. The molecule has 0 aliphatic heterocycles. The highest BCUT2D eigenvalue weighted by molar-refractivity contribution is 6.12. The van der Waals surface area contributed by atoms with Crippen LogP contribution in [-0.4, -0.2) is 18.4 Å². The van der Waals surface area contributed by atoms with E-state index in [-0.39, 0.29) is 18.8 Å². The third-order valence-electron chi connectivity index (χ3n) is 2.82. The topological polar surface area (TPSA) is 43.4 Å². The highest BCUT2D eigenvalue weighted by Gasteiger charge is 2.41. The van der Waals surface area contributed by atoms with E-state index < -0.39 is 11.4 Å². The van der Waals surface area contributed by atoms with E-state index in [9.17, 15) is 9.59 Å². The molecule has 3 nitrogen and oxygen atoms in total. The fraction of sp³-hybridized carbons (Fsp3) is 0.333. The van der Waals surface area contributed by atoms with Crippen molar-refractivity contribution < 1.29 is 14.3 Å². The van der Waals surface area contributed by atoms with E-state index in [0.717, 1.165) is 0 Å². The fourth-order valence-electron chi connectivity index (χ4n) is 1.76. The van der Waals surface area contributed by atoms with Crippen LogP contribution in [0.15, 0.2) is 43.0 Å². The number of carbonyl (C=O) groups is 2. The summed E-state index contributed by atoms with van der Waals surface area (Å²) < 4.78 is 4.99. The molecule has 0 aliphatic rings. The van der Waals surface area contributed by atoms with Crippen molar-refractivity contribution in [2.75, 3.05) is 6.61 Å². The van der Waals surface area contributed by atoms with Gasteiger partial charge in [-0.2, -0.15) is 0 Å². The van der Waals surface area contributed by atoms with Gasteiger partial charge in [-0.05, 0) is 20.3 Å². The lowest BCUT2D eigenvalue weighted by molar-refractivity contribution is -0.151. The predicted octanol–water partition coefficient (Wildman–Crippen LogP) is 3.01. The first-order valence-corrected chi connectivity index (χ1v) is 5.94. The summed E-state index contributed by atoms with van der Waals surface area (Å²) in [6, 6.07) is 8.76. The maximum atomic E-state index is 12.4. The van der Waals surface area contributed by atoms with Gasteiger partial charge in [0.1, 0.15) is 5.41 Å². The van der Waals surface area contributed by atoms with Gasteiger partial charge >= 0.3 is 5.97 Å². The Morgan fingerprint density at radius 3 is 2.44 bits per heavy atom. The van der Waals surface area contributed by atoms with Gasteiger partial charge in [0, 0.05) is 5.56 Å². The Morgan fingerprint density at radius 2 is 1.94 bits per heavy atom. The number of ketones is 1. The molecular weight excluding hydrogens is 228 g/mol. The first kappa shape index (κ1) is 14.2. The molecule has 0 amide bonds. The van der Waals surface area contributed by atoms with Crippen LogP contribution in [0.25, 0.3) is 0 Å². The summed E-state index contributed by atoms with van der Waals surface area (Å²) in [5.74, 6) is -0.736. The first-order valence-electron chi connectivity index (χ1n) is 5.94. The smallest absolute Gasteiger partial charge is 0.320 e. The number of carbonyl (C=O) groups excluding carboxylic acids is 2. The summed E-state index contributed by atoms with van der Waals surface area (Å²) in [5.41, 5.74) is -0.686. The minimum Gasteiger partial charge on any atom is -0.465 e. The van der Waals surface area contributed by atoms with E-state index in [1.165, 1.54) is 0 Å². The van der Waals surface area contributed by atoms with Gasteiger partial charge in [-0.3, -0.25) is 9.59 Å². The average Bonchev–Trinajstić information content (AvgIpc) is 2.39. The van der Waals surface area contributed by atoms with E-state index in [4.69, 9.17) is 4.74 Å². The predicted molar refractivity (Wildman–Crippen MR) is 70.3 cm³/mol. The molecule has 0 N–H and O–H groups in total. The molecule has 0 aromatic heterocycles. The number of rotatable bonds is 6. The van der Waals surface area contributed by atoms with Crippen molar-refractivity contribution in [2.24, 2.45) is 5.41 Å². The molecule has 96 valence electrons. The second-order valence-corrected chi connectivity index (χ2v) is 4.24. The van der Waals surface area contributed by atoms with Crippen molar-refractivity contribution in [1.29, 1.82) is 0 Å². The van der Waals surface area contributed by atoms with Gasteiger partial charge < -0.3 is 4.74 Å². The normalized spacial score (nSPS) is 13.4. The first-order chi connectivity index (χ1) is 8.56. The van der Waals surface area contributed by atoms with Crippen LogP contribution in [0.1, 0.15) is 30.6 Å².